The van der Waals surface area contributed by atoms with Crippen LogP contribution in [0.5, 0.6) is 0 Å². The van der Waals surface area contributed by atoms with Gasteiger partial charge in [-0.15, -0.1) is 6.42 Å². The van der Waals surface area contributed by atoms with Gasteiger partial charge in [-0.25, -0.2) is 8.42 Å². The molecule has 21 heavy (non-hydrogen) atoms. The van der Waals surface area contributed by atoms with Crippen LogP contribution in [0.3, 0.4) is 0 Å². The van der Waals surface area contributed by atoms with E-state index in [1.54, 1.807) is 0 Å². The van der Waals surface area contributed by atoms with Crippen LogP contribution in [0.2, 0.25) is 0 Å². The lowest BCUT2D eigenvalue weighted by molar-refractivity contribution is -0.141. The maximum absolute atomic E-state index is 12.5. The van der Waals surface area contributed by atoms with Crippen LogP contribution in [0, 0.1) is 24.2 Å². The first-order valence-corrected chi connectivity index (χ1v) is 8.83. The number of carboxylic acid groups (broad SMARTS) is 1. The fraction of sp³-hybridized carbons (Fsp3) is 0.714. The van der Waals surface area contributed by atoms with E-state index in [0.29, 0.717) is 25.7 Å². The van der Waals surface area contributed by atoms with E-state index in [0.717, 1.165) is 0 Å². The lowest BCUT2D eigenvalue weighted by atomic mass is 10.0. The number of carboxylic acids is 1. The Morgan fingerprint density at radius 2 is 1.90 bits per heavy atom. The summed E-state index contributed by atoms with van der Waals surface area (Å²) in [6.45, 7) is 0.0766. The Labute approximate surface area is 124 Å². The Morgan fingerprint density at radius 3 is 2.38 bits per heavy atom. The third-order valence-corrected chi connectivity index (χ3v) is 6.08. The molecule has 0 aromatic rings. The zero-order chi connectivity index (χ0) is 15.6. The van der Waals surface area contributed by atoms with Gasteiger partial charge in [0.2, 0.25) is 5.91 Å². The monoisotopic (exact) mass is 313 g/mol. The summed E-state index contributed by atoms with van der Waals surface area (Å²) >= 11 is 0. The van der Waals surface area contributed by atoms with Gasteiger partial charge in [0.25, 0.3) is 0 Å². The van der Waals surface area contributed by atoms with E-state index < -0.39 is 21.7 Å². The zero-order valence-corrected chi connectivity index (χ0v) is 12.5. The van der Waals surface area contributed by atoms with E-state index in [1.807, 2.05) is 0 Å². The number of hydrogen-bond donors (Lipinski definition) is 1. The smallest absolute Gasteiger partial charge is 0.306 e. The van der Waals surface area contributed by atoms with Crippen LogP contribution < -0.4 is 0 Å². The van der Waals surface area contributed by atoms with Crippen molar-refractivity contribution in [1.82, 2.24) is 4.90 Å². The summed E-state index contributed by atoms with van der Waals surface area (Å²) in [4.78, 5) is 25.0. The summed E-state index contributed by atoms with van der Waals surface area (Å²) in [5.41, 5.74) is 0. The van der Waals surface area contributed by atoms with Crippen molar-refractivity contribution < 1.29 is 23.1 Å². The average molecular weight is 313 g/mol. The standard InChI is InChI=1S/C14H19NO5S/c1-2-6-15(12-5-7-21(19,20)9-12)13(16)10-3-4-11(8-10)14(17)18/h1,10-12H,3-9H2,(H,17,18). The molecule has 0 bridgehead atoms. The summed E-state index contributed by atoms with van der Waals surface area (Å²) in [6.07, 6.45) is 7.02. The van der Waals surface area contributed by atoms with E-state index in [2.05, 4.69) is 5.92 Å². The first kappa shape index (κ1) is 15.8. The molecule has 2 fully saturated rings. The summed E-state index contributed by atoms with van der Waals surface area (Å²) in [6, 6.07) is -0.373. The van der Waals surface area contributed by atoms with E-state index in [9.17, 15) is 18.0 Å². The van der Waals surface area contributed by atoms with Crippen molar-refractivity contribution in [3.05, 3.63) is 0 Å². The van der Waals surface area contributed by atoms with Crippen LogP contribution in [0.4, 0.5) is 0 Å². The van der Waals surface area contributed by atoms with Crippen LogP contribution in [-0.2, 0) is 19.4 Å². The van der Waals surface area contributed by atoms with E-state index in [-0.39, 0.29) is 35.9 Å². The molecule has 1 saturated carbocycles. The molecule has 0 radical (unpaired) electrons. The van der Waals surface area contributed by atoms with Crippen LogP contribution >= 0.6 is 0 Å². The molecule has 2 rings (SSSR count). The van der Waals surface area contributed by atoms with Crippen molar-refractivity contribution in [2.75, 3.05) is 18.1 Å². The molecule has 1 saturated heterocycles. The molecule has 0 aromatic heterocycles. The van der Waals surface area contributed by atoms with Crippen molar-refractivity contribution in [3.8, 4) is 12.3 Å². The minimum Gasteiger partial charge on any atom is -0.481 e. The molecule has 1 N–H and O–H groups in total. The van der Waals surface area contributed by atoms with Crippen molar-refractivity contribution in [2.45, 2.75) is 31.7 Å². The van der Waals surface area contributed by atoms with Crippen LogP contribution in [0.25, 0.3) is 0 Å². The molecule has 7 heteroatoms. The average Bonchev–Trinajstić information content (AvgIpc) is 3.01. The van der Waals surface area contributed by atoms with E-state index in [1.165, 1.54) is 4.90 Å². The summed E-state index contributed by atoms with van der Waals surface area (Å²) in [5, 5.41) is 9.00. The molecule has 1 amide bonds. The Morgan fingerprint density at radius 1 is 1.24 bits per heavy atom. The second-order valence-corrected chi connectivity index (χ2v) is 8.00. The predicted molar refractivity (Wildman–Crippen MR) is 76.1 cm³/mol. The topological polar surface area (TPSA) is 91.8 Å². The minimum atomic E-state index is -3.10. The molecule has 0 spiro atoms. The molecule has 3 atom stereocenters. The van der Waals surface area contributed by atoms with Crippen LogP contribution in [0.15, 0.2) is 0 Å². The molecule has 0 aromatic carbocycles. The Kier molecular flexibility index (Phi) is 4.57. The molecular formula is C14H19NO5S. The minimum absolute atomic E-state index is 0.0461. The molecule has 1 aliphatic heterocycles. The number of carbonyl (C=O) groups excluding carboxylic acids is 1. The van der Waals surface area contributed by atoms with E-state index in [4.69, 9.17) is 11.5 Å². The molecule has 1 heterocycles. The van der Waals surface area contributed by atoms with Crippen LogP contribution in [-0.4, -0.2) is 54.4 Å². The van der Waals surface area contributed by atoms with Gasteiger partial charge in [-0.2, -0.15) is 0 Å². The number of carbonyl (C=O) groups is 2. The lowest BCUT2D eigenvalue weighted by Gasteiger charge is -2.28. The summed E-state index contributed by atoms with van der Waals surface area (Å²) in [5.74, 6) is 0.517. The van der Waals surface area contributed by atoms with Gasteiger partial charge in [-0.05, 0) is 25.7 Å². The third-order valence-electron chi connectivity index (χ3n) is 4.32. The fourth-order valence-corrected chi connectivity index (χ4v) is 4.90. The number of terminal acetylenes is 1. The summed E-state index contributed by atoms with van der Waals surface area (Å²) < 4.78 is 23.1. The van der Waals surface area contributed by atoms with Gasteiger partial charge in [0.1, 0.15) is 0 Å². The number of aliphatic carboxylic acids is 1. The fourth-order valence-electron chi connectivity index (χ4n) is 3.17. The molecular weight excluding hydrogens is 294 g/mol. The molecule has 6 nitrogen and oxygen atoms in total. The highest BCUT2D eigenvalue weighted by molar-refractivity contribution is 7.91. The van der Waals surface area contributed by atoms with Crippen molar-refractivity contribution >= 4 is 21.7 Å². The second-order valence-electron chi connectivity index (χ2n) is 5.77. The highest BCUT2D eigenvalue weighted by atomic mass is 32.2. The van der Waals surface area contributed by atoms with Gasteiger partial charge in [-0.3, -0.25) is 9.59 Å². The maximum atomic E-state index is 12.5. The van der Waals surface area contributed by atoms with Crippen molar-refractivity contribution in [2.24, 2.45) is 11.8 Å². The number of amides is 1. The molecule has 2 aliphatic rings. The Balaban J connectivity index is 2.07. The molecule has 116 valence electrons. The van der Waals surface area contributed by atoms with Crippen LogP contribution in [0.1, 0.15) is 25.7 Å². The largest absolute Gasteiger partial charge is 0.481 e. The number of hydrogen-bond acceptors (Lipinski definition) is 4. The number of nitrogens with zero attached hydrogens (tertiary/aromatic N) is 1. The Hall–Kier alpha value is -1.55. The SMILES string of the molecule is C#CCN(C(=O)C1CCC(C(=O)O)C1)C1CCS(=O)(=O)C1. The summed E-state index contributed by atoms with van der Waals surface area (Å²) in [7, 11) is -3.10. The number of sulfone groups is 1. The van der Waals surface area contributed by atoms with E-state index >= 15 is 0 Å². The quantitative estimate of drug-likeness (QED) is 0.745. The predicted octanol–water partition coefficient (Wildman–Crippen LogP) is 0.136. The van der Waals surface area contributed by atoms with Gasteiger partial charge in [0, 0.05) is 12.0 Å². The van der Waals surface area contributed by atoms with Crippen molar-refractivity contribution in [3.63, 3.8) is 0 Å². The highest BCUT2D eigenvalue weighted by Crippen LogP contribution is 2.33. The Bertz CT molecular complexity index is 577. The second kappa shape index (κ2) is 6.06. The number of rotatable bonds is 4. The zero-order valence-electron chi connectivity index (χ0n) is 11.7. The molecule has 3 unspecified atom stereocenters. The van der Waals surface area contributed by atoms with Crippen molar-refractivity contribution in [1.29, 1.82) is 0 Å². The van der Waals surface area contributed by atoms with Gasteiger partial charge < -0.3 is 10.0 Å². The van der Waals surface area contributed by atoms with Gasteiger partial charge in [0.05, 0.1) is 24.0 Å². The maximum Gasteiger partial charge on any atom is 0.306 e. The van der Waals surface area contributed by atoms with Gasteiger partial charge in [-0.1, -0.05) is 5.92 Å². The lowest BCUT2D eigenvalue weighted by Crippen LogP contribution is -2.44. The normalized spacial score (nSPS) is 30.7. The van der Waals surface area contributed by atoms with Gasteiger partial charge in [0.15, 0.2) is 9.84 Å². The first-order chi connectivity index (χ1) is 9.84. The molecule has 1 aliphatic carbocycles. The third kappa shape index (κ3) is 3.56. The van der Waals surface area contributed by atoms with Gasteiger partial charge >= 0.3 is 5.97 Å². The first-order valence-electron chi connectivity index (χ1n) is 7.01. The highest BCUT2D eigenvalue weighted by Gasteiger charge is 2.40.